The monoisotopic (exact) mass is 274 g/mol. The first-order valence-corrected chi connectivity index (χ1v) is 6.66. The number of halogens is 1. The van der Waals surface area contributed by atoms with Gasteiger partial charge >= 0.3 is 0 Å². The van der Waals surface area contributed by atoms with Crippen LogP contribution in [0.5, 0.6) is 0 Å². The Morgan fingerprint density at radius 1 is 1.20 bits per heavy atom. The summed E-state index contributed by atoms with van der Waals surface area (Å²) in [6.07, 6.45) is 3.56. The van der Waals surface area contributed by atoms with E-state index in [-0.39, 0.29) is 12.4 Å². The largest absolute Gasteiger partial charge is 0.395 e. The van der Waals surface area contributed by atoms with Gasteiger partial charge in [-0.25, -0.2) is 4.39 Å². The molecule has 3 nitrogen and oxygen atoms in total. The van der Waals surface area contributed by atoms with Gasteiger partial charge in [0.2, 0.25) is 0 Å². The lowest BCUT2D eigenvalue weighted by molar-refractivity contribution is 0.184. The normalized spacial score (nSPS) is 11.0. The smallest absolute Gasteiger partial charge is 0.126 e. The fourth-order valence-electron chi connectivity index (χ4n) is 2.17. The fraction of sp³-hybridized carbons (Fsp3) is 0.312. The van der Waals surface area contributed by atoms with Crippen LogP contribution in [0.15, 0.2) is 42.7 Å². The Morgan fingerprint density at radius 2 is 2.00 bits per heavy atom. The van der Waals surface area contributed by atoms with Crippen molar-refractivity contribution in [1.29, 1.82) is 0 Å². The van der Waals surface area contributed by atoms with Crippen LogP contribution in [0.2, 0.25) is 0 Å². The summed E-state index contributed by atoms with van der Waals surface area (Å²) in [7, 11) is 0. The lowest BCUT2D eigenvalue weighted by Gasteiger charge is -2.21. The molecule has 0 atom stereocenters. The van der Waals surface area contributed by atoms with Crippen molar-refractivity contribution in [2.45, 2.75) is 20.0 Å². The standard InChI is InChI=1S/C16H19FN2O/c1-13-9-14(4-5-16(13)17)11-19(7-8-20)12-15-3-2-6-18-10-15/h2-6,9-10,20H,7-8,11-12H2,1H3. The zero-order chi connectivity index (χ0) is 14.4. The van der Waals surface area contributed by atoms with Gasteiger partial charge in [0.15, 0.2) is 0 Å². The highest BCUT2D eigenvalue weighted by atomic mass is 19.1. The number of nitrogens with zero attached hydrogens (tertiary/aromatic N) is 2. The topological polar surface area (TPSA) is 36.4 Å². The van der Waals surface area contributed by atoms with Gasteiger partial charge in [-0.05, 0) is 35.7 Å². The van der Waals surface area contributed by atoms with Crippen molar-refractivity contribution in [3.63, 3.8) is 0 Å². The van der Waals surface area contributed by atoms with Crippen LogP contribution in [0.4, 0.5) is 4.39 Å². The van der Waals surface area contributed by atoms with E-state index in [9.17, 15) is 9.50 Å². The lowest BCUT2D eigenvalue weighted by Crippen LogP contribution is -2.26. The number of benzene rings is 1. The molecule has 0 unspecified atom stereocenters. The summed E-state index contributed by atoms with van der Waals surface area (Å²) in [5.74, 6) is -0.185. The number of rotatable bonds is 6. The van der Waals surface area contributed by atoms with Gasteiger partial charge in [-0.2, -0.15) is 0 Å². The maximum atomic E-state index is 13.3. The fourth-order valence-corrected chi connectivity index (χ4v) is 2.17. The van der Waals surface area contributed by atoms with Crippen molar-refractivity contribution >= 4 is 0 Å². The number of aryl methyl sites for hydroxylation is 1. The van der Waals surface area contributed by atoms with E-state index in [1.54, 1.807) is 19.2 Å². The zero-order valence-electron chi connectivity index (χ0n) is 11.6. The van der Waals surface area contributed by atoms with Crippen molar-refractivity contribution in [3.8, 4) is 0 Å². The molecule has 0 amide bonds. The van der Waals surface area contributed by atoms with E-state index in [4.69, 9.17) is 0 Å². The van der Waals surface area contributed by atoms with Crippen LogP contribution >= 0.6 is 0 Å². The molecule has 106 valence electrons. The summed E-state index contributed by atoms with van der Waals surface area (Å²) in [4.78, 5) is 6.21. The van der Waals surface area contributed by atoms with Crippen molar-refractivity contribution in [1.82, 2.24) is 9.88 Å². The Bertz CT molecular complexity index is 545. The molecule has 1 aromatic heterocycles. The molecule has 0 saturated heterocycles. The third-order valence-corrected chi connectivity index (χ3v) is 3.17. The quantitative estimate of drug-likeness (QED) is 0.879. The zero-order valence-corrected chi connectivity index (χ0v) is 11.6. The molecule has 1 N–H and O–H groups in total. The second-order valence-corrected chi connectivity index (χ2v) is 4.88. The summed E-state index contributed by atoms with van der Waals surface area (Å²) in [6.45, 7) is 3.82. The third kappa shape index (κ3) is 4.11. The second-order valence-electron chi connectivity index (χ2n) is 4.88. The molecule has 1 heterocycles. The van der Waals surface area contributed by atoms with Gasteiger partial charge in [0.1, 0.15) is 5.82 Å². The van der Waals surface area contributed by atoms with E-state index in [0.717, 1.165) is 11.1 Å². The summed E-state index contributed by atoms with van der Waals surface area (Å²) < 4.78 is 13.3. The average Bonchev–Trinajstić information content (AvgIpc) is 2.44. The minimum Gasteiger partial charge on any atom is -0.395 e. The molecule has 0 aliphatic carbocycles. The highest BCUT2D eigenvalue weighted by Gasteiger charge is 2.08. The third-order valence-electron chi connectivity index (χ3n) is 3.17. The summed E-state index contributed by atoms with van der Waals surface area (Å²) in [5, 5.41) is 9.17. The minimum absolute atomic E-state index is 0.0977. The van der Waals surface area contributed by atoms with E-state index < -0.39 is 0 Å². The first-order valence-electron chi connectivity index (χ1n) is 6.66. The van der Waals surface area contributed by atoms with E-state index in [0.29, 0.717) is 25.2 Å². The van der Waals surface area contributed by atoms with Gasteiger partial charge in [-0.15, -0.1) is 0 Å². The Hall–Kier alpha value is -1.78. The molecule has 2 rings (SSSR count). The number of aliphatic hydroxyl groups excluding tert-OH is 1. The average molecular weight is 274 g/mol. The lowest BCUT2D eigenvalue weighted by atomic mass is 10.1. The van der Waals surface area contributed by atoms with Gasteiger partial charge in [0.05, 0.1) is 6.61 Å². The van der Waals surface area contributed by atoms with Crippen LogP contribution in [0, 0.1) is 12.7 Å². The van der Waals surface area contributed by atoms with Crippen LogP contribution in [0.25, 0.3) is 0 Å². The Labute approximate surface area is 118 Å². The van der Waals surface area contributed by atoms with E-state index >= 15 is 0 Å². The number of hydrogen-bond acceptors (Lipinski definition) is 3. The molecule has 0 aliphatic heterocycles. The van der Waals surface area contributed by atoms with Crippen molar-refractivity contribution < 1.29 is 9.50 Å². The maximum absolute atomic E-state index is 13.3. The van der Waals surface area contributed by atoms with Crippen LogP contribution in [-0.2, 0) is 13.1 Å². The van der Waals surface area contributed by atoms with Crippen LogP contribution in [0.3, 0.4) is 0 Å². The Kier molecular flexibility index (Phi) is 5.21. The van der Waals surface area contributed by atoms with Gasteiger partial charge < -0.3 is 5.11 Å². The molecule has 0 radical (unpaired) electrons. The van der Waals surface area contributed by atoms with Crippen molar-refractivity contribution in [3.05, 3.63) is 65.2 Å². The van der Waals surface area contributed by atoms with Gasteiger partial charge in [0.25, 0.3) is 0 Å². The SMILES string of the molecule is Cc1cc(CN(CCO)Cc2cccnc2)ccc1F. The minimum atomic E-state index is -0.185. The highest BCUT2D eigenvalue weighted by Crippen LogP contribution is 2.13. The molecule has 0 bridgehead atoms. The summed E-state index contributed by atoms with van der Waals surface area (Å²) in [6, 6.07) is 9.03. The Balaban J connectivity index is 2.06. The predicted octanol–water partition coefficient (Wildman–Crippen LogP) is 2.52. The van der Waals surface area contributed by atoms with Gasteiger partial charge in [-0.1, -0.05) is 18.2 Å². The first kappa shape index (κ1) is 14.6. The first-order chi connectivity index (χ1) is 9.69. The predicted molar refractivity (Wildman–Crippen MR) is 76.6 cm³/mol. The molecule has 20 heavy (non-hydrogen) atoms. The van der Waals surface area contributed by atoms with Crippen molar-refractivity contribution in [2.75, 3.05) is 13.2 Å². The molecule has 0 saturated carbocycles. The van der Waals surface area contributed by atoms with Gasteiger partial charge in [-0.3, -0.25) is 9.88 Å². The summed E-state index contributed by atoms with van der Waals surface area (Å²) in [5.41, 5.74) is 2.79. The van der Waals surface area contributed by atoms with Crippen LogP contribution < -0.4 is 0 Å². The number of aromatic nitrogens is 1. The van der Waals surface area contributed by atoms with E-state index in [1.807, 2.05) is 24.4 Å². The molecule has 1 aromatic carbocycles. The van der Waals surface area contributed by atoms with Gasteiger partial charge in [0, 0.05) is 32.0 Å². The Morgan fingerprint density at radius 3 is 2.65 bits per heavy atom. The van der Waals surface area contributed by atoms with E-state index in [2.05, 4.69) is 9.88 Å². The number of hydrogen-bond donors (Lipinski definition) is 1. The number of aliphatic hydroxyl groups is 1. The molecular weight excluding hydrogens is 255 g/mol. The van der Waals surface area contributed by atoms with Crippen molar-refractivity contribution in [2.24, 2.45) is 0 Å². The highest BCUT2D eigenvalue weighted by molar-refractivity contribution is 5.24. The molecule has 0 aliphatic rings. The molecule has 0 fully saturated rings. The summed E-state index contributed by atoms with van der Waals surface area (Å²) >= 11 is 0. The second kappa shape index (κ2) is 7.12. The molecule has 2 aromatic rings. The van der Waals surface area contributed by atoms with Crippen LogP contribution in [0.1, 0.15) is 16.7 Å². The molecular formula is C16H19FN2O. The molecule has 0 spiro atoms. The van der Waals surface area contributed by atoms with E-state index in [1.165, 1.54) is 6.07 Å². The van der Waals surface area contributed by atoms with Crippen LogP contribution in [-0.4, -0.2) is 28.1 Å². The molecule has 4 heteroatoms. The maximum Gasteiger partial charge on any atom is 0.126 e. The number of pyridine rings is 1.